The normalized spacial score (nSPS) is 28.3. The molecule has 1 N–H and O–H groups in total. The summed E-state index contributed by atoms with van der Waals surface area (Å²) in [6, 6.07) is 0. The van der Waals surface area contributed by atoms with E-state index >= 15 is 0 Å². The molecule has 12 heavy (non-hydrogen) atoms. The summed E-state index contributed by atoms with van der Waals surface area (Å²) in [5.41, 5.74) is 0. The smallest absolute Gasteiger partial charge is 0.307 e. The molecule has 0 saturated heterocycles. The summed E-state index contributed by atoms with van der Waals surface area (Å²) in [5, 5.41) is 19.1. The molecule has 1 unspecified atom stereocenters. The van der Waals surface area contributed by atoms with E-state index in [0.29, 0.717) is 0 Å². The van der Waals surface area contributed by atoms with Crippen molar-refractivity contribution in [1.82, 2.24) is 0 Å². The highest BCUT2D eigenvalue weighted by molar-refractivity contribution is 5.79. The van der Waals surface area contributed by atoms with Crippen LogP contribution in [0.5, 0.6) is 0 Å². The van der Waals surface area contributed by atoms with Crippen LogP contribution in [0.15, 0.2) is 12.2 Å². The largest absolute Gasteiger partial charge is 0.550 e. The van der Waals surface area contributed by atoms with Gasteiger partial charge in [0.15, 0.2) is 0 Å². The van der Waals surface area contributed by atoms with Gasteiger partial charge in [0.25, 0.3) is 0 Å². The molecule has 0 heterocycles. The first-order chi connectivity index (χ1) is 5.63. The molecule has 0 spiro atoms. The van der Waals surface area contributed by atoms with Crippen LogP contribution < -0.4 is 5.11 Å². The number of carboxylic acids is 2. The Morgan fingerprint density at radius 3 is 2.08 bits per heavy atom. The molecule has 0 aromatic rings. The lowest BCUT2D eigenvalue weighted by molar-refractivity contribution is -0.313. The van der Waals surface area contributed by atoms with Crippen molar-refractivity contribution in [2.45, 2.75) is 12.8 Å². The zero-order valence-electron chi connectivity index (χ0n) is 6.40. The number of aliphatic carboxylic acids is 2. The van der Waals surface area contributed by atoms with Crippen molar-refractivity contribution in [2.24, 2.45) is 11.8 Å². The van der Waals surface area contributed by atoms with Crippen molar-refractivity contribution in [3.05, 3.63) is 12.2 Å². The first kappa shape index (κ1) is 8.77. The van der Waals surface area contributed by atoms with Gasteiger partial charge in [-0.2, -0.15) is 0 Å². The third-order valence-corrected chi connectivity index (χ3v) is 2.05. The fourth-order valence-corrected chi connectivity index (χ4v) is 1.35. The maximum absolute atomic E-state index is 10.5. The Bertz CT molecular complexity index is 207. The van der Waals surface area contributed by atoms with Crippen LogP contribution in [0.3, 0.4) is 0 Å². The maximum Gasteiger partial charge on any atom is 0.307 e. The number of allylic oxidation sites excluding steroid dienone is 2. The van der Waals surface area contributed by atoms with Gasteiger partial charge >= 0.3 is 5.97 Å². The van der Waals surface area contributed by atoms with Crippen LogP contribution in [0.1, 0.15) is 12.8 Å². The minimum Gasteiger partial charge on any atom is -0.550 e. The van der Waals surface area contributed by atoms with Crippen molar-refractivity contribution in [3.8, 4) is 0 Å². The second kappa shape index (κ2) is 3.38. The average Bonchev–Trinajstić information content (AvgIpc) is 2.04. The van der Waals surface area contributed by atoms with Crippen molar-refractivity contribution < 1.29 is 19.8 Å². The van der Waals surface area contributed by atoms with Crippen molar-refractivity contribution in [3.63, 3.8) is 0 Å². The molecule has 0 amide bonds. The second-order valence-electron chi connectivity index (χ2n) is 2.81. The minimum absolute atomic E-state index is 0.263. The second-order valence-corrected chi connectivity index (χ2v) is 2.81. The van der Waals surface area contributed by atoms with Gasteiger partial charge in [-0.1, -0.05) is 12.2 Å². The molecule has 0 bridgehead atoms. The Balaban J connectivity index is 2.76. The predicted octanol–water partition coefficient (Wildman–Crippen LogP) is -0.597. The van der Waals surface area contributed by atoms with E-state index in [1.165, 1.54) is 0 Å². The zero-order chi connectivity index (χ0) is 9.14. The highest BCUT2D eigenvalue weighted by Gasteiger charge is 2.29. The standard InChI is InChI=1S/C8H10O4/c9-7(10)5-3-1-2-4-6(5)8(11)12/h1-2,5-6H,3-4H2,(H,9,10)(H,11,12)/p-1/t5-,6?/m0/s1. The molecule has 4 nitrogen and oxygen atoms in total. The van der Waals surface area contributed by atoms with Crippen LogP contribution in [-0.2, 0) is 9.59 Å². The summed E-state index contributed by atoms with van der Waals surface area (Å²) >= 11 is 0. The molecular formula is C8H9O4-. The molecular weight excluding hydrogens is 160 g/mol. The quantitative estimate of drug-likeness (QED) is 0.560. The summed E-state index contributed by atoms with van der Waals surface area (Å²) in [7, 11) is 0. The first-order valence-corrected chi connectivity index (χ1v) is 3.71. The monoisotopic (exact) mass is 169 g/mol. The van der Waals surface area contributed by atoms with Gasteiger partial charge in [-0.05, 0) is 12.8 Å². The van der Waals surface area contributed by atoms with E-state index in [2.05, 4.69) is 0 Å². The Morgan fingerprint density at radius 1 is 1.25 bits per heavy atom. The van der Waals surface area contributed by atoms with E-state index in [-0.39, 0.29) is 12.8 Å². The summed E-state index contributed by atoms with van der Waals surface area (Å²) in [5.74, 6) is -4.02. The van der Waals surface area contributed by atoms with Gasteiger partial charge in [-0.3, -0.25) is 4.79 Å². The lowest BCUT2D eigenvalue weighted by Crippen LogP contribution is -2.39. The predicted molar refractivity (Wildman–Crippen MR) is 38.0 cm³/mol. The molecule has 1 aliphatic carbocycles. The highest BCUT2D eigenvalue weighted by Crippen LogP contribution is 2.24. The van der Waals surface area contributed by atoms with Gasteiger partial charge in [0.2, 0.25) is 0 Å². The van der Waals surface area contributed by atoms with Gasteiger partial charge in [-0.15, -0.1) is 0 Å². The van der Waals surface area contributed by atoms with Gasteiger partial charge in [0, 0.05) is 11.9 Å². The molecule has 66 valence electrons. The Morgan fingerprint density at radius 2 is 1.75 bits per heavy atom. The molecule has 0 saturated carbocycles. The van der Waals surface area contributed by atoms with E-state index in [9.17, 15) is 14.7 Å². The number of carbonyl (C=O) groups is 2. The lowest BCUT2D eigenvalue weighted by Gasteiger charge is -2.25. The van der Waals surface area contributed by atoms with Crippen LogP contribution in [0.4, 0.5) is 0 Å². The van der Waals surface area contributed by atoms with Crippen LogP contribution in [0, 0.1) is 11.8 Å². The molecule has 4 heteroatoms. The minimum atomic E-state index is -1.27. The highest BCUT2D eigenvalue weighted by atomic mass is 16.4. The summed E-state index contributed by atoms with van der Waals surface area (Å²) in [6.07, 6.45) is 3.92. The molecule has 0 aromatic heterocycles. The molecule has 0 radical (unpaired) electrons. The van der Waals surface area contributed by atoms with Gasteiger partial charge in [0.05, 0.1) is 5.92 Å². The Labute approximate surface area is 69.5 Å². The molecule has 0 aromatic carbocycles. The summed E-state index contributed by atoms with van der Waals surface area (Å²) < 4.78 is 0. The summed E-state index contributed by atoms with van der Waals surface area (Å²) in [4.78, 5) is 21.0. The van der Waals surface area contributed by atoms with Crippen LogP contribution >= 0.6 is 0 Å². The van der Waals surface area contributed by atoms with E-state index in [4.69, 9.17) is 5.11 Å². The van der Waals surface area contributed by atoms with E-state index < -0.39 is 23.8 Å². The van der Waals surface area contributed by atoms with E-state index in [0.717, 1.165) is 0 Å². The third-order valence-electron chi connectivity index (χ3n) is 2.05. The number of carbonyl (C=O) groups excluding carboxylic acids is 1. The van der Waals surface area contributed by atoms with E-state index in [1.54, 1.807) is 12.2 Å². The number of carboxylic acid groups (broad SMARTS) is 2. The topological polar surface area (TPSA) is 77.4 Å². The lowest BCUT2D eigenvalue weighted by atomic mass is 9.83. The maximum atomic E-state index is 10.5. The first-order valence-electron chi connectivity index (χ1n) is 3.71. The molecule has 1 rings (SSSR count). The average molecular weight is 169 g/mol. The van der Waals surface area contributed by atoms with Crippen LogP contribution in [0.25, 0.3) is 0 Å². The third kappa shape index (κ3) is 1.64. The number of hydrogen-bond acceptors (Lipinski definition) is 3. The van der Waals surface area contributed by atoms with Gasteiger partial charge in [0.1, 0.15) is 0 Å². The molecule has 0 aliphatic heterocycles. The van der Waals surface area contributed by atoms with Gasteiger partial charge in [-0.25, -0.2) is 0 Å². The number of rotatable bonds is 2. The Kier molecular flexibility index (Phi) is 2.47. The fraction of sp³-hybridized carbons (Fsp3) is 0.500. The van der Waals surface area contributed by atoms with Crippen molar-refractivity contribution >= 4 is 11.9 Å². The van der Waals surface area contributed by atoms with E-state index in [1.807, 2.05) is 0 Å². The molecule has 1 aliphatic rings. The van der Waals surface area contributed by atoms with Crippen LogP contribution in [0.2, 0.25) is 0 Å². The van der Waals surface area contributed by atoms with Crippen molar-refractivity contribution in [1.29, 1.82) is 0 Å². The van der Waals surface area contributed by atoms with Gasteiger partial charge < -0.3 is 15.0 Å². The summed E-state index contributed by atoms with van der Waals surface area (Å²) in [6.45, 7) is 0. The SMILES string of the molecule is O=C(O)C1CC=CC[C@@H]1C(=O)[O-]. The number of hydrogen-bond donors (Lipinski definition) is 1. The molecule has 0 fully saturated rings. The zero-order valence-corrected chi connectivity index (χ0v) is 6.40. The fourth-order valence-electron chi connectivity index (χ4n) is 1.35. The Hall–Kier alpha value is -1.32. The van der Waals surface area contributed by atoms with Crippen molar-refractivity contribution in [2.75, 3.05) is 0 Å². The molecule has 2 atom stereocenters. The van der Waals surface area contributed by atoms with Crippen LogP contribution in [-0.4, -0.2) is 17.0 Å².